The first kappa shape index (κ1) is 17.6. The molecule has 7 heteroatoms. The molecule has 1 N–H and O–H groups in total. The Morgan fingerprint density at radius 1 is 1.17 bits per heavy atom. The van der Waals surface area contributed by atoms with Crippen molar-refractivity contribution in [2.75, 3.05) is 20.3 Å². The molecule has 0 saturated heterocycles. The zero-order chi connectivity index (χ0) is 17.2. The Morgan fingerprint density at radius 3 is 2.67 bits per heavy atom. The van der Waals surface area contributed by atoms with Crippen LogP contribution in [-0.2, 0) is 4.74 Å². The highest BCUT2D eigenvalue weighted by molar-refractivity contribution is 6.30. The first-order valence-corrected chi connectivity index (χ1v) is 7.54. The standard InChI is InChI=1S/C17H17ClN2O4/c1-22-17(21)20-19-12-13-11-14(18)7-8-16(13)24-10-9-23-15-5-3-2-4-6-15/h2-8,11-12H,9-10H2,1H3,(H,20,21). The second-order valence-electron chi connectivity index (χ2n) is 4.55. The van der Waals surface area contributed by atoms with E-state index in [9.17, 15) is 4.79 Å². The van der Waals surface area contributed by atoms with E-state index in [0.29, 0.717) is 29.5 Å². The Kier molecular flexibility index (Phi) is 6.91. The number of benzene rings is 2. The van der Waals surface area contributed by atoms with Crippen LogP contribution >= 0.6 is 11.6 Å². The van der Waals surface area contributed by atoms with Gasteiger partial charge < -0.3 is 14.2 Å². The molecule has 0 aliphatic rings. The van der Waals surface area contributed by atoms with Crippen LogP contribution in [0.3, 0.4) is 0 Å². The third-order valence-electron chi connectivity index (χ3n) is 2.87. The number of ether oxygens (including phenoxy) is 3. The summed E-state index contributed by atoms with van der Waals surface area (Å²) in [5, 5.41) is 4.30. The summed E-state index contributed by atoms with van der Waals surface area (Å²) in [5.74, 6) is 1.35. The largest absolute Gasteiger partial charge is 0.490 e. The third kappa shape index (κ3) is 5.81. The molecule has 0 fully saturated rings. The van der Waals surface area contributed by atoms with Gasteiger partial charge in [0, 0.05) is 10.6 Å². The van der Waals surface area contributed by atoms with Crippen molar-refractivity contribution < 1.29 is 19.0 Å². The van der Waals surface area contributed by atoms with E-state index in [-0.39, 0.29) is 0 Å². The summed E-state index contributed by atoms with van der Waals surface area (Å²) in [6.07, 6.45) is 0.767. The van der Waals surface area contributed by atoms with Crippen molar-refractivity contribution in [2.24, 2.45) is 5.10 Å². The first-order valence-electron chi connectivity index (χ1n) is 7.16. The number of nitrogens with zero attached hydrogens (tertiary/aromatic N) is 1. The lowest BCUT2D eigenvalue weighted by Gasteiger charge is -2.10. The van der Waals surface area contributed by atoms with Gasteiger partial charge in [-0.25, -0.2) is 10.2 Å². The predicted molar refractivity (Wildman–Crippen MR) is 92.0 cm³/mol. The topological polar surface area (TPSA) is 69.2 Å². The van der Waals surface area contributed by atoms with Crippen molar-refractivity contribution in [1.82, 2.24) is 5.43 Å². The van der Waals surface area contributed by atoms with Gasteiger partial charge in [-0.2, -0.15) is 5.10 Å². The van der Waals surface area contributed by atoms with Crippen molar-refractivity contribution in [3.8, 4) is 11.5 Å². The van der Waals surface area contributed by atoms with Crippen LogP contribution in [-0.4, -0.2) is 32.6 Å². The molecule has 24 heavy (non-hydrogen) atoms. The van der Waals surface area contributed by atoms with Crippen molar-refractivity contribution in [2.45, 2.75) is 0 Å². The highest BCUT2D eigenvalue weighted by atomic mass is 35.5. The molecule has 0 radical (unpaired) electrons. The van der Waals surface area contributed by atoms with Crippen molar-refractivity contribution >= 4 is 23.9 Å². The Labute approximate surface area is 145 Å². The number of amides is 1. The highest BCUT2D eigenvalue weighted by Gasteiger charge is 2.04. The molecule has 126 valence electrons. The number of carbonyl (C=O) groups excluding carboxylic acids is 1. The number of nitrogens with one attached hydrogen (secondary N) is 1. The molecule has 0 aromatic heterocycles. The lowest BCUT2D eigenvalue weighted by Crippen LogP contribution is -2.17. The molecule has 0 atom stereocenters. The number of hydrogen-bond acceptors (Lipinski definition) is 5. The van der Waals surface area contributed by atoms with Crippen LogP contribution in [0.15, 0.2) is 53.6 Å². The monoisotopic (exact) mass is 348 g/mol. The van der Waals surface area contributed by atoms with Gasteiger partial charge in [-0.15, -0.1) is 0 Å². The maximum Gasteiger partial charge on any atom is 0.427 e. The maximum atomic E-state index is 11.0. The van der Waals surface area contributed by atoms with Crippen LogP contribution in [0, 0.1) is 0 Å². The second-order valence-corrected chi connectivity index (χ2v) is 4.99. The van der Waals surface area contributed by atoms with Crippen LogP contribution in [0.4, 0.5) is 4.79 Å². The van der Waals surface area contributed by atoms with Gasteiger partial charge in [-0.05, 0) is 30.3 Å². The molecule has 0 saturated carbocycles. The Bertz CT molecular complexity index is 692. The zero-order valence-corrected chi connectivity index (χ0v) is 13.8. The summed E-state index contributed by atoms with van der Waals surface area (Å²) in [6, 6.07) is 14.6. The van der Waals surface area contributed by atoms with Gasteiger partial charge in [0.05, 0.1) is 13.3 Å². The maximum absolute atomic E-state index is 11.0. The fraction of sp³-hybridized carbons (Fsp3) is 0.176. The van der Waals surface area contributed by atoms with Crippen molar-refractivity contribution in [3.05, 3.63) is 59.1 Å². The minimum atomic E-state index is -0.660. The van der Waals surface area contributed by atoms with Gasteiger partial charge in [-0.3, -0.25) is 0 Å². The predicted octanol–water partition coefficient (Wildman–Crippen LogP) is 3.49. The van der Waals surface area contributed by atoms with E-state index in [1.807, 2.05) is 30.3 Å². The van der Waals surface area contributed by atoms with E-state index in [4.69, 9.17) is 21.1 Å². The van der Waals surface area contributed by atoms with Crippen molar-refractivity contribution in [1.29, 1.82) is 0 Å². The van der Waals surface area contributed by atoms with E-state index in [1.165, 1.54) is 13.3 Å². The molecule has 0 heterocycles. The van der Waals surface area contributed by atoms with E-state index in [0.717, 1.165) is 5.75 Å². The summed E-state index contributed by atoms with van der Waals surface area (Å²) < 4.78 is 15.7. The van der Waals surface area contributed by atoms with E-state index < -0.39 is 6.09 Å². The van der Waals surface area contributed by atoms with Gasteiger partial charge in [0.1, 0.15) is 24.7 Å². The highest BCUT2D eigenvalue weighted by Crippen LogP contribution is 2.21. The normalized spacial score (nSPS) is 10.4. The van der Waals surface area contributed by atoms with Crippen molar-refractivity contribution in [3.63, 3.8) is 0 Å². The summed E-state index contributed by atoms with van der Waals surface area (Å²) >= 11 is 5.97. The van der Waals surface area contributed by atoms with Gasteiger partial charge in [-0.1, -0.05) is 29.8 Å². The van der Waals surface area contributed by atoms with Gasteiger partial charge >= 0.3 is 6.09 Å². The Balaban J connectivity index is 1.90. The first-order chi connectivity index (χ1) is 11.7. The average molecular weight is 349 g/mol. The number of hydrazone groups is 1. The molecule has 0 aliphatic heterocycles. The van der Waals surface area contributed by atoms with Gasteiger partial charge in [0.2, 0.25) is 0 Å². The summed E-state index contributed by atoms with van der Waals surface area (Å²) in [4.78, 5) is 11.0. The minimum absolute atomic E-state index is 0.349. The van der Waals surface area contributed by atoms with Gasteiger partial charge in [0.15, 0.2) is 0 Å². The molecule has 0 spiro atoms. The molecule has 0 bridgehead atoms. The minimum Gasteiger partial charge on any atom is -0.490 e. The fourth-order valence-electron chi connectivity index (χ4n) is 1.78. The number of carbonyl (C=O) groups is 1. The molecule has 0 unspecified atom stereocenters. The Morgan fingerprint density at radius 2 is 1.92 bits per heavy atom. The number of methoxy groups -OCH3 is 1. The third-order valence-corrected chi connectivity index (χ3v) is 3.10. The molecular weight excluding hydrogens is 332 g/mol. The fourth-order valence-corrected chi connectivity index (χ4v) is 1.96. The van der Waals surface area contributed by atoms with Crippen LogP contribution in [0.1, 0.15) is 5.56 Å². The van der Waals surface area contributed by atoms with E-state index in [2.05, 4.69) is 15.3 Å². The molecule has 1 amide bonds. The van der Waals surface area contributed by atoms with Crippen LogP contribution in [0.5, 0.6) is 11.5 Å². The zero-order valence-electron chi connectivity index (χ0n) is 13.1. The number of para-hydroxylation sites is 1. The molecule has 2 aromatic rings. The molecule has 2 rings (SSSR count). The van der Waals surface area contributed by atoms with E-state index >= 15 is 0 Å². The molecular formula is C17H17ClN2O4. The summed E-state index contributed by atoms with van der Waals surface area (Å²) in [7, 11) is 1.26. The molecule has 2 aromatic carbocycles. The number of hydrogen-bond donors (Lipinski definition) is 1. The summed E-state index contributed by atoms with van der Waals surface area (Å²) in [6.45, 7) is 0.741. The second kappa shape index (κ2) is 9.42. The molecule has 6 nitrogen and oxygen atoms in total. The molecule has 0 aliphatic carbocycles. The smallest absolute Gasteiger partial charge is 0.427 e. The van der Waals surface area contributed by atoms with Gasteiger partial charge in [0.25, 0.3) is 0 Å². The van der Waals surface area contributed by atoms with E-state index in [1.54, 1.807) is 18.2 Å². The lowest BCUT2D eigenvalue weighted by molar-refractivity contribution is 0.171. The van der Waals surface area contributed by atoms with Crippen LogP contribution in [0.2, 0.25) is 5.02 Å². The summed E-state index contributed by atoms with van der Waals surface area (Å²) in [5.41, 5.74) is 2.82. The SMILES string of the molecule is COC(=O)NN=Cc1cc(Cl)ccc1OCCOc1ccccc1. The van der Waals surface area contributed by atoms with Crippen LogP contribution in [0.25, 0.3) is 0 Å². The van der Waals surface area contributed by atoms with Crippen LogP contribution < -0.4 is 14.9 Å². The average Bonchev–Trinajstić information content (AvgIpc) is 2.61. The number of halogens is 1. The quantitative estimate of drug-likeness (QED) is 0.472. The number of rotatable bonds is 7. The Hall–Kier alpha value is -2.73. The lowest BCUT2D eigenvalue weighted by atomic mass is 10.2.